The van der Waals surface area contributed by atoms with Gasteiger partial charge in [-0.05, 0) is 54.7 Å². The smallest absolute Gasteiger partial charge is 0.222 e. The van der Waals surface area contributed by atoms with Gasteiger partial charge in [-0.15, -0.1) is 0 Å². The minimum Gasteiger partial charge on any atom is -0.494 e. The molecule has 0 spiro atoms. The van der Waals surface area contributed by atoms with Crippen LogP contribution in [0.5, 0.6) is 5.75 Å². The number of ether oxygens (including phenoxy) is 1. The Labute approximate surface area is 148 Å². The zero-order valence-electron chi connectivity index (χ0n) is 14.5. The zero-order valence-corrected chi connectivity index (χ0v) is 14.5. The van der Waals surface area contributed by atoms with Crippen LogP contribution in [-0.4, -0.2) is 16.6 Å². The molecular weight excluding hydrogens is 312 g/mol. The number of nitrogens with zero attached hydrogens (tertiary/aromatic N) is 2. The summed E-state index contributed by atoms with van der Waals surface area (Å²) in [6, 6.07) is 14.4. The summed E-state index contributed by atoms with van der Waals surface area (Å²) in [6.07, 6.45) is 4.11. The van der Waals surface area contributed by atoms with E-state index in [0.717, 1.165) is 48.9 Å². The lowest BCUT2D eigenvalue weighted by atomic mass is 10.0. The molecule has 0 radical (unpaired) electrons. The number of fused-ring (bicyclic) bond motifs is 1. The summed E-state index contributed by atoms with van der Waals surface area (Å²) in [4.78, 5) is 8.24. The Morgan fingerprint density at radius 2 is 1.64 bits per heavy atom. The van der Waals surface area contributed by atoms with Crippen LogP contribution in [0, 0.1) is 0 Å². The standard InChI is InChI=1S/C20H24N4O/c1-2-3-12-25-16-9-6-14(7-10-16)4-5-15-8-11-18-17(13-15)19(21)24-20(22)23-18/h6-11,13H,2-5,12H2,1H3,(H4,21,22,23,24). The van der Waals surface area contributed by atoms with E-state index in [0.29, 0.717) is 5.82 Å². The fourth-order valence-corrected chi connectivity index (χ4v) is 2.75. The molecule has 0 amide bonds. The number of aryl methyl sites for hydroxylation is 2. The predicted molar refractivity (Wildman–Crippen MR) is 103 cm³/mol. The molecule has 0 aliphatic heterocycles. The summed E-state index contributed by atoms with van der Waals surface area (Å²) in [5.41, 5.74) is 14.9. The van der Waals surface area contributed by atoms with Gasteiger partial charge in [-0.1, -0.05) is 31.5 Å². The molecule has 25 heavy (non-hydrogen) atoms. The summed E-state index contributed by atoms with van der Waals surface area (Å²) in [7, 11) is 0. The van der Waals surface area contributed by atoms with Crippen molar-refractivity contribution in [2.24, 2.45) is 0 Å². The molecule has 0 unspecified atom stereocenters. The van der Waals surface area contributed by atoms with E-state index in [1.54, 1.807) is 0 Å². The van der Waals surface area contributed by atoms with Crippen LogP contribution in [0.2, 0.25) is 0 Å². The van der Waals surface area contributed by atoms with E-state index < -0.39 is 0 Å². The Balaban J connectivity index is 1.64. The van der Waals surface area contributed by atoms with Crippen molar-refractivity contribution in [3.05, 3.63) is 53.6 Å². The van der Waals surface area contributed by atoms with Gasteiger partial charge >= 0.3 is 0 Å². The van der Waals surface area contributed by atoms with Crippen molar-refractivity contribution in [1.82, 2.24) is 9.97 Å². The molecule has 5 nitrogen and oxygen atoms in total. The van der Waals surface area contributed by atoms with Crippen molar-refractivity contribution >= 4 is 22.7 Å². The van der Waals surface area contributed by atoms with Crippen LogP contribution in [0.15, 0.2) is 42.5 Å². The lowest BCUT2D eigenvalue weighted by Crippen LogP contribution is -2.01. The minimum atomic E-state index is 0.207. The normalized spacial score (nSPS) is 10.9. The Hall–Kier alpha value is -2.82. The summed E-state index contributed by atoms with van der Waals surface area (Å²) < 4.78 is 5.70. The number of unbranched alkanes of at least 4 members (excludes halogenated alkanes) is 1. The van der Waals surface area contributed by atoms with Crippen molar-refractivity contribution in [2.75, 3.05) is 18.1 Å². The first-order valence-electron chi connectivity index (χ1n) is 8.69. The second kappa shape index (κ2) is 7.83. The predicted octanol–water partition coefficient (Wildman–Crippen LogP) is 3.76. The number of anilines is 2. The maximum atomic E-state index is 5.95. The van der Waals surface area contributed by atoms with Gasteiger partial charge in [-0.3, -0.25) is 0 Å². The van der Waals surface area contributed by atoms with Gasteiger partial charge in [0.1, 0.15) is 11.6 Å². The molecule has 0 aliphatic carbocycles. The molecule has 2 aromatic carbocycles. The van der Waals surface area contributed by atoms with Gasteiger partial charge in [-0.2, -0.15) is 4.98 Å². The van der Waals surface area contributed by atoms with E-state index in [4.69, 9.17) is 16.2 Å². The Morgan fingerprint density at radius 3 is 2.40 bits per heavy atom. The molecule has 0 saturated heterocycles. The van der Waals surface area contributed by atoms with Crippen LogP contribution in [-0.2, 0) is 12.8 Å². The van der Waals surface area contributed by atoms with Crippen LogP contribution in [0.4, 0.5) is 11.8 Å². The highest BCUT2D eigenvalue weighted by Gasteiger charge is 2.05. The molecule has 0 aliphatic rings. The summed E-state index contributed by atoms with van der Waals surface area (Å²) in [6.45, 7) is 2.94. The van der Waals surface area contributed by atoms with Gasteiger partial charge < -0.3 is 16.2 Å². The topological polar surface area (TPSA) is 87.0 Å². The van der Waals surface area contributed by atoms with Crippen LogP contribution >= 0.6 is 0 Å². The molecule has 130 valence electrons. The highest BCUT2D eigenvalue weighted by molar-refractivity contribution is 5.89. The summed E-state index contributed by atoms with van der Waals surface area (Å²) in [5.74, 6) is 1.57. The average Bonchev–Trinajstić information content (AvgIpc) is 2.61. The van der Waals surface area contributed by atoms with Crippen LogP contribution < -0.4 is 16.2 Å². The summed E-state index contributed by atoms with van der Waals surface area (Å²) >= 11 is 0. The second-order valence-electron chi connectivity index (χ2n) is 6.16. The van der Waals surface area contributed by atoms with E-state index in [2.05, 4.69) is 35.1 Å². The molecule has 1 aromatic heterocycles. The summed E-state index contributed by atoms with van der Waals surface area (Å²) in [5, 5.41) is 0.853. The van der Waals surface area contributed by atoms with Crippen molar-refractivity contribution in [2.45, 2.75) is 32.6 Å². The average molecular weight is 336 g/mol. The fraction of sp³-hybridized carbons (Fsp3) is 0.300. The fourth-order valence-electron chi connectivity index (χ4n) is 2.75. The molecule has 3 aromatic rings. The molecular formula is C20H24N4O. The third kappa shape index (κ3) is 4.38. The molecule has 5 heteroatoms. The number of benzene rings is 2. The van der Waals surface area contributed by atoms with E-state index in [1.165, 1.54) is 11.1 Å². The lowest BCUT2D eigenvalue weighted by Gasteiger charge is -2.08. The minimum absolute atomic E-state index is 0.207. The molecule has 0 bridgehead atoms. The largest absolute Gasteiger partial charge is 0.494 e. The van der Waals surface area contributed by atoms with E-state index in [9.17, 15) is 0 Å². The van der Waals surface area contributed by atoms with Crippen molar-refractivity contribution in [1.29, 1.82) is 0 Å². The van der Waals surface area contributed by atoms with Gasteiger partial charge in [0.2, 0.25) is 5.95 Å². The third-order valence-corrected chi connectivity index (χ3v) is 4.20. The molecule has 1 heterocycles. The number of aromatic nitrogens is 2. The molecule has 3 rings (SSSR count). The monoisotopic (exact) mass is 336 g/mol. The first-order chi connectivity index (χ1) is 12.2. The van der Waals surface area contributed by atoms with Crippen molar-refractivity contribution in [3.63, 3.8) is 0 Å². The van der Waals surface area contributed by atoms with Gasteiger partial charge in [0.05, 0.1) is 12.1 Å². The highest BCUT2D eigenvalue weighted by atomic mass is 16.5. The Morgan fingerprint density at radius 1 is 0.920 bits per heavy atom. The van der Waals surface area contributed by atoms with Gasteiger partial charge in [0.25, 0.3) is 0 Å². The van der Waals surface area contributed by atoms with Gasteiger partial charge in [-0.25, -0.2) is 4.98 Å². The van der Waals surface area contributed by atoms with Gasteiger partial charge in [0, 0.05) is 5.39 Å². The van der Waals surface area contributed by atoms with E-state index in [1.807, 2.05) is 24.3 Å². The molecule has 0 atom stereocenters. The number of hydrogen-bond acceptors (Lipinski definition) is 5. The first-order valence-corrected chi connectivity index (χ1v) is 8.69. The van der Waals surface area contributed by atoms with E-state index in [-0.39, 0.29) is 5.95 Å². The maximum absolute atomic E-state index is 5.95. The van der Waals surface area contributed by atoms with Crippen LogP contribution in [0.3, 0.4) is 0 Å². The van der Waals surface area contributed by atoms with E-state index >= 15 is 0 Å². The zero-order chi connectivity index (χ0) is 17.6. The molecule has 0 saturated carbocycles. The molecule has 4 N–H and O–H groups in total. The molecule has 0 fully saturated rings. The second-order valence-corrected chi connectivity index (χ2v) is 6.16. The quantitative estimate of drug-likeness (QED) is 0.642. The maximum Gasteiger partial charge on any atom is 0.222 e. The van der Waals surface area contributed by atoms with Crippen molar-refractivity contribution < 1.29 is 4.74 Å². The number of rotatable bonds is 7. The highest BCUT2D eigenvalue weighted by Crippen LogP contribution is 2.21. The Kier molecular flexibility index (Phi) is 5.33. The van der Waals surface area contributed by atoms with Crippen molar-refractivity contribution in [3.8, 4) is 5.75 Å². The van der Waals surface area contributed by atoms with Gasteiger partial charge in [0.15, 0.2) is 0 Å². The number of nitrogens with two attached hydrogens (primary N) is 2. The SMILES string of the molecule is CCCCOc1ccc(CCc2ccc3nc(N)nc(N)c3c2)cc1. The number of hydrogen-bond donors (Lipinski definition) is 2. The first kappa shape index (κ1) is 17.0. The third-order valence-electron chi connectivity index (χ3n) is 4.20. The lowest BCUT2D eigenvalue weighted by molar-refractivity contribution is 0.309. The van der Waals surface area contributed by atoms with Crippen LogP contribution in [0.25, 0.3) is 10.9 Å². The van der Waals surface area contributed by atoms with Crippen LogP contribution in [0.1, 0.15) is 30.9 Å². The number of nitrogen functional groups attached to an aromatic ring is 2. The Bertz CT molecular complexity index is 846.